The van der Waals surface area contributed by atoms with Crippen molar-refractivity contribution < 1.29 is 19.1 Å². The van der Waals surface area contributed by atoms with Crippen LogP contribution in [0.5, 0.6) is 5.75 Å². The van der Waals surface area contributed by atoms with Gasteiger partial charge in [0.25, 0.3) is 11.8 Å². The molecule has 2 fully saturated rings. The van der Waals surface area contributed by atoms with Gasteiger partial charge in [-0.3, -0.25) is 14.9 Å². The van der Waals surface area contributed by atoms with Gasteiger partial charge in [-0.2, -0.15) is 0 Å². The third-order valence-electron chi connectivity index (χ3n) is 8.32. The zero-order chi connectivity index (χ0) is 27.4. The number of benzene rings is 3. The van der Waals surface area contributed by atoms with E-state index in [-0.39, 0.29) is 12.5 Å². The van der Waals surface area contributed by atoms with Gasteiger partial charge in [-0.05, 0) is 77.8 Å². The molecule has 3 aromatic rings. The molecule has 0 radical (unpaired) electrons. The molecule has 4 aliphatic rings. The Labute approximate surface area is 232 Å². The third-order valence-corrected chi connectivity index (χ3v) is 8.32. The fourth-order valence-electron chi connectivity index (χ4n) is 6.01. The minimum Gasteiger partial charge on any atom is -0.494 e. The zero-order valence-electron chi connectivity index (χ0n) is 22.3. The summed E-state index contributed by atoms with van der Waals surface area (Å²) in [5, 5.41) is 7.47. The van der Waals surface area contributed by atoms with Crippen LogP contribution in [0.1, 0.15) is 46.8 Å². The molecule has 0 aromatic heterocycles. The Morgan fingerprint density at radius 1 is 0.950 bits per heavy atom. The van der Waals surface area contributed by atoms with Crippen LogP contribution in [0.15, 0.2) is 60.7 Å². The normalized spacial score (nSPS) is 21.4. The predicted octanol–water partition coefficient (Wildman–Crippen LogP) is 3.68. The van der Waals surface area contributed by atoms with Crippen molar-refractivity contribution in [1.82, 2.24) is 21.0 Å². The van der Waals surface area contributed by atoms with Gasteiger partial charge in [-0.1, -0.05) is 36.4 Å². The maximum atomic E-state index is 13.3. The molecule has 9 heteroatoms. The van der Waals surface area contributed by atoms with Crippen molar-refractivity contribution in [3.63, 3.8) is 0 Å². The summed E-state index contributed by atoms with van der Waals surface area (Å²) in [6.07, 6.45) is 2.62. The number of nitrogens with one attached hydrogen (secondary N) is 3. The lowest BCUT2D eigenvalue weighted by Crippen LogP contribution is -2.52. The number of hydrogen-bond acceptors (Lipinski definition) is 6. The van der Waals surface area contributed by atoms with Crippen LogP contribution in [0.4, 0.5) is 10.5 Å². The standard InChI is InChI=1S/C31H31N5O4/c1-2-40-25-11-7-22-17-35(28(37)26(22)14-25)18-31(29(38)33-30(39)34-31)24-9-5-20(6-10-24)21-8-12-27-23(13-21)15-32-36(27)16-19-3-4-19/h5-14,19,32H,2-4,15-18H2,1H3,(H2,33,34,38,39)/t31-/m0/s1. The van der Waals surface area contributed by atoms with Gasteiger partial charge < -0.3 is 20.0 Å². The molecule has 4 amide bonds. The minimum atomic E-state index is -1.39. The van der Waals surface area contributed by atoms with E-state index in [1.54, 1.807) is 11.0 Å². The SMILES string of the molecule is CCOc1ccc2c(c1)C(=O)N(C[C@@]1(c3ccc(-c4ccc5c(c4)CNN5CC4CC4)cc3)NC(=O)NC1=O)C2. The van der Waals surface area contributed by atoms with Crippen molar-refractivity contribution in [2.24, 2.45) is 5.92 Å². The summed E-state index contributed by atoms with van der Waals surface area (Å²) in [4.78, 5) is 40.5. The van der Waals surface area contributed by atoms with E-state index < -0.39 is 17.5 Å². The van der Waals surface area contributed by atoms with E-state index in [1.807, 2.05) is 43.3 Å². The Hall–Kier alpha value is -4.37. The smallest absolute Gasteiger partial charge is 0.322 e. The maximum Gasteiger partial charge on any atom is 0.322 e. The Bertz CT molecular complexity index is 1530. The molecule has 1 saturated carbocycles. The summed E-state index contributed by atoms with van der Waals surface area (Å²) < 4.78 is 5.57. The molecule has 1 atom stereocenters. The van der Waals surface area contributed by atoms with E-state index >= 15 is 0 Å². The molecule has 7 rings (SSSR count). The number of nitrogens with zero attached hydrogens (tertiary/aromatic N) is 2. The summed E-state index contributed by atoms with van der Waals surface area (Å²) in [5.41, 5.74) is 8.76. The van der Waals surface area contributed by atoms with Gasteiger partial charge >= 0.3 is 6.03 Å². The second kappa shape index (κ2) is 9.38. The van der Waals surface area contributed by atoms with Crippen LogP contribution in [0, 0.1) is 5.92 Å². The maximum absolute atomic E-state index is 13.3. The Balaban J connectivity index is 1.14. The quantitative estimate of drug-likeness (QED) is 0.379. The number of ether oxygens (including phenoxy) is 1. The van der Waals surface area contributed by atoms with E-state index in [0.29, 0.717) is 30.0 Å². The third kappa shape index (κ3) is 4.17. The number of amides is 4. The molecule has 3 aliphatic heterocycles. The van der Waals surface area contributed by atoms with E-state index in [4.69, 9.17) is 4.74 Å². The largest absolute Gasteiger partial charge is 0.494 e. The molecule has 40 heavy (non-hydrogen) atoms. The number of urea groups is 1. The van der Waals surface area contributed by atoms with E-state index in [1.165, 1.54) is 24.1 Å². The van der Waals surface area contributed by atoms with Gasteiger partial charge in [-0.25, -0.2) is 10.2 Å². The molecular weight excluding hydrogens is 506 g/mol. The fraction of sp³-hybridized carbons (Fsp3) is 0.323. The number of hydrazine groups is 1. The van der Waals surface area contributed by atoms with E-state index in [2.05, 4.69) is 39.3 Å². The average molecular weight is 538 g/mol. The van der Waals surface area contributed by atoms with Crippen molar-refractivity contribution in [1.29, 1.82) is 0 Å². The van der Waals surface area contributed by atoms with E-state index in [0.717, 1.165) is 35.7 Å². The molecule has 3 heterocycles. The van der Waals surface area contributed by atoms with Crippen LogP contribution < -0.4 is 25.8 Å². The van der Waals surface area contributed by atoms with Crippen molar-refractivity contribution >= 4 is 23.5 Å². The highest BCUT2D eigenvalue weighted by Crippen LogP contribution is 2.37. The summed E-state index contributed by atoms with van der Waals surface area (Å²) in [5.74, 6) is 0.766. The van der Waals surface area contributed by atoms with Gasteiger partial charge in [0.2, 0.25) is 0 Å². The molecule has 1 saturated heterocycles. The lowest BCUT2D eigenvalue weighted by Gasteiger charge is -2.31. The minimum absolute atomic E-state index is 0.0166. The fourth-order valence-corrected chi connectivity index (χ4v) is 6.01. The lowest BCUT2D eigenvalue weighted by atomic mass is 9.88. The molecule has 1 aliphatic carbocycles. The molecular formula is C31H31N5O4. The first-order valence-corrected chi connectivity index (χ1v) is 13.9. The number of hydrogen-bond donors (Lipinski definition) is 3. The molecule has 9 nitrogen and oxygen atoms in total. The lowest BCUT2D eigenvalue weighted by molar-refractivity contribution is -0.124. The Morgan fingerprint density at radius 2 is 1.75 bits per heavy atom. The van der Waals surface area contributed by atoms with Gasteiger partial charge in [0.15, 0.2) is 5.54 Å². The number of rotatable bonds is 8. The first-order chi connectivity index (χ1) is 19.4. The molecule has 0 bridgehead atoms. The Kier molecular flexibility index (Phi) is 5.78. The number of carbonyl (C=O) groups is 3. The molecule has 0 spiro atoms. The predicted molar refractivity (Wildman–Crippen MR) is 149 cm³/mol. The van der Waals surface area contributed by atoms with E-state index in [9.17, 15) is 14.4 Å². The molecule has 3 aromatic carbocycles. The number of anilines is 1. The number of carbonyl (C=O) groups excluding carboxylic acids is 3. The van der Waals surface area contributed by atoms with Crippen LogP contribution in [0.2, 0.25) is 0 Å². The second-order valence-electron chi connectivity index (χ2n) is 11.0. The highest BCUT2D eigenvalue weighted by Gasteiger charge is 2.50. The van der Waals surface area contributed by atoms with Crippen LogP contribution in [-0.4, -0.2) is 42.4 Å². The average Bonchev–Trinajstić information content (AvgIpc) is 3.52. The van der Waals surface area contributed by atoms with Crippen LogP contribution in [-0.2, 0) is 23.4 Å². The highest BCUT2D eigenvalue weighted by molar-refractivity contribution is 6.08. The highest BCUT2D eigenvalue weighted by atomic mass is 16.5. The molecule has 204 valence electrons. The second-order valence-corrected chi connectivity index (χ2v) is 11.0. The summed E-state index contributed by atoms with van der Waals surface area (Å²) in [7, 11) is 0. The summed E-state index contributed by atoms with van der Waals surface area (Å²) in [6, 6.07) is 19.1. The first-order valence-electron chi connectivity index (χ1n) is 13.9. The number of imide groups is 1. The summed E-state index contributed by atoms with van der Waals surface area (Å²) >= 11 is 0. The van der Waals surface area contributed by atoms with Crippen LogP contribution >= 0.6 is 0 Å². The van der Waals surface area contributed by atoms with Crippen molar-refractivity contribution in [2.45, 2.75) is 38.4 Å². The van der Waals surface area contributed by atoms with Crippen molar-refractivity contribution in [2.75, 3.05) is 24.7 Å². The first kappa shape index (κ1) is 24.7. The van der Waals surface area contributed by atoms with Gasteiger partial charge in [0.05, 0.1) is 18.8 Å². The zero-order valence-corrected chi connectivity index (χ0v) is 22.3. The molecule has 3 N–H and O–H groups in total. The van der Waals surface area contributed by atoms with Gasteiger partial charge in [0.1, 0.15) is 5.75 Å². The Morgan fingerprint density at radius 3 is 2.48 bits per heavy atom. The van der Waals surface area contributed by atoms with Crippen LogP contribution in [0.3, 0.4) is 0 Å². The van der Waals surface area contributed by atoms with Crippen molar-refractivity contribution in [3.8, 4) is 16.9 Å². The molecule has 0 unspecified atom stereocenters. The van der Waals surface area contributed by atoms with Crippen molar-refractivity contribution in [3.05, 3.63) is 82.9 Å². The van der Waals surface area contributed by atoms with Crippen LogP contribution in [0.25, 0.3) is 11.1 Å². The number of fused-ring (bicyclic) bond motifs is 2. The monoisotopic (exact) mass is 537 g/mol. The van der Waals surface area contributed by atoms with Gasteiger partial charge in [0, 0.05) is 25.2 Å². The topological polar surface area (TPSA) is 103 Å². The summed E-state index contributed by atoms with van der Waals surface area (Å²) in [6.45, 7) is 4.62. The van der Waals surface area contributed by atoms with Gasteiger partial charge in [-0.15, -0.1) is 0 Å².